The van der Waals surface area contributed by atoms with Crippen molar-refractivity contribution in [1.82, 2.24) is 9.97 Å². The largest absolute Gasteiger partial charge is 0.511 e. The Bertz CT molecular complexity index is 1310. The normalized spacial score (nSPS) is 26.2. The maximum atomic E-state index is 13.6. The number of ether oxygens (including phenoxy) is 1. The zero-order valence-electron chi connectivity index (χ0n) is 18.4. The van der Waals surface area contributed by atoms with Crippen molar-refractivity contribution in [3.63, 3.8) is 0 Å². The van der Waals surface area contributed by atoms with Crippen molar-refractivity contribution in [2.45, 2.75) is 39.0 Å². The van der Waals surface area contributed by atoms with Crippen LogP contribution in [0, 0.1) is 23.7 Å². The molecule has 33 heavy (non-hydrogen) atoms. The Kier molecular flexibility index (Phi) is 5.02. The van der Waals surface area contributed by atoms with E-state index in [-0.39, 0.29) is 17.6 Å². The molecular weight excluding hydrogens is 480 g/mol. The molecule has 4 aliphatic rings. The summed E-state index contributed by atoms with van der Waals surface area (Å²) < 4.78 is 6.99. The summed E-state index contributed by atoms with van der Waals surface area (Å²) in [5, 5.41) is 11.3. The van der Waals surface area contributed by atoms with Crippen molar-refractivity contribution >= 4 is 38.3 Å². The zero-order valence-corrected chi connectivity index (χ0v) is 20.0. The molecule has 168 valence electrons. The summed E-state index contributed by atoms with van der Waals surface area (Å²) in [5.41, 5.74) is 3.87. The van der Waals surface area contributed by atoms with Gasteiger partial charge in [0, 0.05) is 16.3 Å². The van der Waals surface area contributed by atoms with Crippen molar-refractivity contribution in [3.8, 4) is 11.6 Å². The Morgan fingerprint density at radius 2 is 1.79 bits per heavy atom. The first-order valence-corrected chi connectivity index (χ1v) is 12.5. The first-order chi connectivity index (χ1) is 16.0. The molecule has 2 unspecified atom stereocenters. The number of benzene rings is 2. The van der Waals surface area contributed by atoms with Crippen molar-refractivity contribution in [2.75, 3.05) is 0 Å². The average molecular weight is 505 g/mol. The fourth-order valence-corrected chi connectivity index (χ4v) is 6.60. The Hall–Kier alpha value is -2.73. The molecule has 7 rings (SSSR count). The number of aliphatic hydroxyl groups is 1. The molecule has 2 aromatic carbocycles. The molecule has 4 aliphatic carbocycles. The molecule has 0 aliphatic heterocycles. The van der Waals surface area contributed by atoms with Crippen molar-refractivity contribution in [2.24, 2.45) is 23.7 Å². The predicted molar refractivity (Wildman–Crippen MR) is 130 cm³/mol. The highest BCUT2D eigenvalue weighted by molar-refractivity contribution is 9.10. The molecule has 6 heteroatoms. The number of hydrogen-bond acceptors (Lipinski definition) is 5. The van der Waals surface area contributed by atoms with Crippen LogP contribution >= 0.6 is 15.9 Å². The molecule has 3 aromatic rings. The van der Waals surface area contributed by atoms with Crippen LogP contribution in [0.2, 0.25) is 0 Å². The Morgan fingerprint density at radius 3 is 2.52 bits per heavy atom. The lowest BCUT2D eigenvalue weighted by molar-refractivity contribution is -0.123. The van der Waals surface area contributed by atoms with E-state index < -0.39 is 0 Å². The highest BCUT2D eigenvalue weighted by Gasteiger charge is 2.54. The van der Waals surface area contributed by atoms with Gasteiger partial charge in [-0.25, -0.2) is 9.97 Å². The lowest BCUT2D eigenvalue weighted by atomic mass is 9.59. The number of ketones is 1. The predicted octanol–water partition coefficient (Wildman–Crippen LogP) is 6.65. The molecule has 0 amide bonds. The van der Waals surface area contributed by atoms with Crippen molar-refractivity contribution in [3.05, 3.63) is 64.0 Å². The average Bonchev–Trinajstić information content (AvgIpc) is 3.11. The number of aromatic nitrogens is 2. The fourth-order valence-electron chi connectivity index (χ4n) is 6.25. The quantitative estimate of drug-likeness (QED) is 0.430. The second-order valence-corrected chi connectivity index (χ2v) is 10.4. The van der Waals surface area contributed by atoms with Gasteiger partial charge in [0.25, 0.3) is 0 Å². The summed E-state index contributed by atoms with van der Waals surface area (Å²) in [5.74, 6) is 2.18. The summed E-state index contributed by atoms with van der Waals surface area (Å²) in [4.78, 5) is 22.6. The second kappa shape index (κ2) is 7.94. The molecule has 0 spiro atoms. The summed E-state index contributed by atoms with van der Waals surface area (Å²) in [6.45, 7) is 2.07. The summed E-state index contributed by atoms with van der Waals surface area (Å²) in [6.07, 6.45) is 6.84. The molecule has 0 saturated heterocycles. The summed E-state index contributed by atoms with van der Waals surface area (Å²) >= 11 is 3.47. The van der Waals surface area contributed by atoms with Gasteiger partial charge in [-0.3, -0.25) is 4.79 Å². The van der Waals surface area contributed by atoms with Gasteiger partial charge in [-0.1, -0.05) is 28.9 Å². The van der Waals surface area contributed by atoms with Gasteiger partial charge in [0.1, 0.15) is 11.5 Å². The topological polar surface area (TPSA) is 72.3 Å². The molecule has 0 radical (unpaired) electrons. The van der Waals surface area contributed by atoms with Gasteiger partial charge < -0.3 is 9.84 Å². The Morgan fingerprint density at radius 1 is 1.03 bits per heavy atom. The minimum absolute atomic E-state index is 0.000850. The van der Waals surface area contributed by atoms with Crippen LogP contribution in [0.25, 0.3) is 16.6 Å². The maximum Gasteiger partial charge on any atom is 0.238 e. The fraction of sp³-hybridized carbons (Fsp3) is 0.370. The van der Waals surface area contributed by atoms with Crippen LogP contribution < -0.4 is 4.74 Å². The first-order valence-electron chi connectivity index (χ1n) is 11.7. The number of nitrogens with zero attached hydrogens (tertiary/aromatic N) is 2. The third-order valence-electron chi connectivity index (χ3n) is 7.78. The standard InChI is InChI=1S/C27H25BrN2O3/c1-2-14-7-9-18(33-22-13-29-20-10-8-17(28)11-21(20)30-22)12-19(14)25-26(31)23-15-3-4-16(6-5-15)24(23)27(25)32/h7-13,15-16,23-24,31H,2-6H2,1H3/t15-,16+,23?,24?. The van der Waals surface area contributed by atoms with E-state index in [1.165, 1.54) is 0 Å². The number of allylic oxidation sites excluding steroid dienone is 2. The molecule has 1 heterocycles. The number of rotatable bonds is 4. The van der Waals surface area contributed by atoms with Crippen LogP contribution in [0.3, 0.4) is 0 Å². The Balaban J connectivity index is 1.38. The third-order valence-corrected chi connectivity index (χ3v) is 8.27. The third kappa shape index (κ3) is 3.38. The van der Waals surface area contributed by atoms with E-state index in [1.807, 2.05) is 36.4 Å². The number of aryl methyl sites for hydroxylation is 1. The molecule has 1 aromatic heterocycles. The number of carbonyl (C=O) groups is 1. The van der Waals surface area contributed by atoms with E-state index in [2.05, 4.69) is 32.8 Å². The SMILES string of the molecule is CCc1ccc(Oc2cnc3ccc(Br)cc3n2)cc1C1=C(O)C2C(C1=O)[C@H]1CC[C@@H]2CC1. The minimum Gasteiger partial charge on any atom is -0.511 e. The molecule has 3 saturated carbocycles. The number of aliphatic hydroxyl groups excluding tert-OH is 1. The van der Waals surface area contributed by atoms with Gasteiger partial charge in [0.2, 0.25) is 5.88 Å². The lowest BCUT2D eigenvalue weighted by Gasteiger charge is -2.44. The van der Waals surface area contributed by atoms with Gasteiger partial charge >= 0.3 is 0 Å². The second-order valence-electron chi connectivity index (χ2n) is 9.47. The van der Waals surface area contributed by atoms with Crippen LogP contribution in [0.1, 0.15) is 43.7 Å². The summed E-state index contributed by atoms with van der Waals surface area (Å²) in [6, 6.07) is 11.5. The van der Waals surface area contributed by atoms with E-state index in [1.54, 1.807) is 6.20 Å². The van der Waals surface area contributed by atoms with Crippen molar-refractivity contribution in [1.29, 1.82) is 0 Å². The highest BCUT2D eigenvalue weighted by Crippen LogP contribution is 2.57. The van der Waals surface area contributed by atoms with Crippen LogP contribution in [0.15, 0.2) is 52.8 Å². The molecule has 2 bridgehead atoms. The molecule has 5 nitrogen and oxygen atoms in total. The highest BCUT2D eigenvalue weighted by atomic mass is 79.9. The monoisotopic (exact) mass is 504 g/mol. The van der Waals surface area contributed by atoms with Gasteiger partial charge in [-0.2, -0.15) is 0 Å². The number of hydrogen-bond donors (Lipinski definition) is 1. The van der Waals surface area contributed by atoms with Gasteiger partial charge in [-0.15, -0.1) is 0 Å². The van der Waals surface area contributed by atoms with E-state index in [0.717, 1.165) is 58.7 Å². The van der Waals surface area contributed by atoms with Crippen LogP contribution in [0.5, 0.6) is 11.6 Å². The van der Waals surface area contributed by atoms with E-state index in [4.69, 9.17) is 4.74 Å². The molecule has 1 N–H and O–H groups in total. The van der Waals surface area contributed by atoms with E-state index >= 15 is 0 Å². The zero-order chi connectivity index (χ0) is 22.7. The Labute approximate surface area is 201 Å². The van der Waals surface area contributed by atoms with Gasteiger partial charge in [-0.05, 0) is 85.4 Å². The molecular formula is C27H25BrN2O3. The van der Waals surface area contributed by atoms with E-state index in [9.17, 15) is 9.90 Å². The minimum atomic E-state index is -0.0495. The summed E-state index contributed by atoms with van der Waals surface area (Å²) in [7, 11) is 0. The lowest BCUT2D eigenvalue weighted by Crippen LogP contribution is -2.41. The van der Waals surface area contributed by atoms with E-state index in [0.29, 0.717) is 34.8 Å². The maximum absolute atomic E-state index is 13.6. The van der Waals surface area contributed by atoms with Gasteiger partial charge in [0.05, 0.1) is 22.8 Å². The smallest absolute Gasteiger partial charge is 0.238 e. The molecule has 3 fully saturated rings. The van der Waals surface area contributed by atoms with Crippen LogP contribution in [-0.2, 0) is 11.2 Å². The number of Topliss-reactive ketones (excluding diaryl/α,β-unsaturated/α-hetero) is 1. The molecule has 2 atom stereocenters. The van der Waals surface area contributed by atoms with Gasteiger partial charge in [0.15, 0.2) is 5.78 Å². The van der Waals surface area contributed by atoms with Crippen molar-refractivity contribution < 1.29 is 14.6 Å². The first kappa shape index (κ1) is 20.8. The number of halogens is 1. The number of fused-ring (bicyclic) bond motifs is 3. The number of carbonyl (C=O) groups excluding carboxylic acids is 1. The van der Waals surface area contributed by atoms with Crippen LogP contribution in [-0.4, -0.2) is 20.9 Å². The van der Waals surface area contributed by atoms with Crippen LogP contribution in [0.4, 0.5) is 0 Å².